The molecule has 8 heteroatoms. The van der Waals surface area contributed by atoms with Gasteiger partial charge in [0.25, 0.3) is 5.56 Å². The lowest BCUT2D eigenvalue weighted by atomic mass is 9.87. The minimum absolute atomic E-state index is 0.166. The molecule has 1 N–H and O–H groups in total. The molecular weight excluding hydrogens is 417 g/mol. The molecule has 0 radical (unpaired) electrons. The Morgan fingerprint density at radius 3 is 2.65 bits per heavy atom. The Morgan fingerprint density at radius 2 is 1.94 bits per heavy atom. The van der Waals surface area contributed by atoms with Crippen molar-refractivity contribution in [3.8, 4) is 5.75 Å². The zero-order valence-corrected chi connectivity index (χ0v) is 18.0. The first-order valence-corrected chi connectivity index (χ1v) is 11.0. The molecule has 1 aromatic heterocycles. The number of hydrogen-bond acceptors (Lipinski definition) is 5. The fourth-order valence-corrected chi connectivity index (χ4v) is 4.62. The maximum Gasteiger partial charge on any atom is 0.279 e. The fourth-order valence-electron chi connectivity index (χ4n) is 3.67. The Kier molecular flexibility index (Phi) is 6.08. The van der Waals surface area contributed by atoms with Gasteiger partial charge in [-0.25, -0.2) is 4.39 Å². The van der Waals surface area contributed by atoms with Crippen molar-refractivity contribution in [2.24, 2.45) is 7.05 Å². The summed E-state index contributed by atoms with van der Waals surface area (Å²) >= 11 is 1.25. The molecule has 2 aromatic carbocycles. The van der Waals surface area contributed by atoms with Crippen LogP contribution in [0.15, 0.2) is 58.5 Å². The third-order valence-corrected chi connectivity index (χ3v) is 6.29. The highest BCUT2D eigenvalue weighted by atomic mass is 32.2. The number of hydrogen-bond donors (Lipinski definition) is 1. The van der Waals surface area contributed by atoms with Crippen LogP contribution in [0.3, 0.4) is 0 Å². The number of carbonyl (C=O) groups is 1. The summed E-state index contributed by atoms with van der Waals surface area (Å²) in [5.74, 6) is 0.627. The molecule has 0 spiro atoms. The molecule has 0 saturated carbocycles. The summed E-state index contributed by atoms with van der Waals surface area (Å²) in [4.78, 5) is 29.7. The van der Waals surface area contributed by atoms with Crippen LogP contribution in [0.1, 0.15) is 36.0 Å². The van der Waals surface area contributed by atoms with E-state index >= 15 is 0 Å². The van der Waals surface area contributed by atoms with Crippen molar-refractivity contribution in [2.75, 3.05) is 11.9 Å². The number of thioether (sulfide) groups is 1. The molecular formula is C23H22FN3O3S. The lowest BCUT2D eigenvalue weighted by molar-refractivity contribution is -0.116. The molecule has 0 aliphatic carbocycles. The highest BCUT2D eigenvalue weighted by molar-refractivity contribution is 7.98. The lowest BCUT2D eigenvalue weighted by Gasteiger charge is -2.27. The molecule has 0 fully saturated rings. The number of benzene rings is 2. The summed E-state index contributed by atoms with van der Waals surface area (Å²) in [5, 5.41) is 3.24. The van der Waals surface area contributed by atoms with Crippen LogP contribution in [0.2, 0.25) is 0 Å². The SMILES string of the molecule is CCOc1ccc(C2CC(=O)Nc3c2c(=O)nc(SCc2ccccc2F)n3C)cc1. The van der Waals surface area contributed by atoms with E-state index in [2.05, 4.69) is 10.3 Å². The second-order valence-corrected chi connectivity index (χ2v) is 8.15. The molecule has 1 unspecified atom stereocenters. The molecule has 31 heavy (non-hydrogen) atoms. The average Bonchev–Trinajstić information content (AvgIpc) is 2.76. The molecule has 1 amide bonds. The van der Waals surface area contributed by atoms with E-state index in [0.29, 0.717) is 34.5 Å². The van der Waals surface area contributed by atoms with Gasteiger partial charge in [-0.05, 0) is 36.2 Å². The van der Waals surface area contributed by atoms with Crippen LogP contribution in [-0.4, -0.2) is 22.1 Å². The zero-order chi connectivity index (χ0) is 22.0. The van der Waals surface area contributed by atoms with Gasteiger partial charge in [0.1, 0.15) is 17.4 Å². The first-order chi connectivity index (χ1) is 15.0. The van der Waals surface area contributed by atoms with Gasteiger partial charge in [0.05, 0.1) is 12.2 Å². The summed E-state index contributed by atoms with van der Waals surface area (Å²) in [5.41, 5.74) is 1.45. The van der Waals surface area contributed by atoms with Crippen LogP contribution in [-0.2, 0) is 17.6 Å². The second kappa shape index (κ2) is 8.93. The summed E-state index contributed by atoms with van der Waals surface area (Å²) in [6.07, 6.45) is 0.166. The maximum atomic E-state index is 13.9. The van der Waals surface area contributed by atoms with E-state index in [4.69, 9.17) is 4.74 Å². The predicted octanol–water partition coefficient (Wildman–Crippen LogP) is 4.08. The van der Waals surface area contributed by atoms with Crippen molar-refractivity contribution in [2.45, 2.75) is 30.2 Å². The molecule has 0 saturated heterocycles. The lowest BCUT2D eigenvalue weighted by Crippen LogP contribution is -2.33. The molecule has 160 valence electrons. The summed E-state index contributed by atoms with van der Waals surface area (Å²) in [6, 6.07) is 13.9. The van der Waals surface area contributed by atoms with Crippen LogP contribution in [0.5, 0.6) is 5.75 Å². The van der Waals surface area contributed by atoms with Gasteiger partial charge in [-0.3, -0.25) is 9.59 Å². The third-order valence-electron chi connectivity index (χ3n) is 5.21. The van der Waals surface area contributed by atoms with Gasteiger partial charge in [0.2, 0.25) is 5.91 Å². The van der Waals surface area contributed by atoms with Gasteiger partial charge < -0.3 is 14.6 Å². The van der Waals surface area contributed by atoms with Gasteiger partial charge >= 0.3 is 0 Å². The summed E-state index contributed by atoms with van der Waals surface area (Å²) < 4.78 is 21.1. The van der Waals surface area contributed by atoms with E-state index in [1.54, 1.807) is 29.8 Å². The number of halogens is 1. The van der Waals surface area contributed by atoms with Crippen molar-refractivity contribution in [3.63, 3.8) is 0 Å². The van der Waals surface area contributed by atoms with Crippen LogP contribution in [0.25, 0.3) is 0 Å². The normalized spacial score (nSPS) is 15.3. The van der Waals surface area contributed by atoms with Crippen molar-refractivity contribution in [1.82, 2.24) is 9.55 Å². The number of carbonyl (C=O) groups excluding carboxylic acids is 1. The van der Waals surface area contributed by atoms with Crippen molar-refractivity contribution in [3.05, 3.63) is 81.4 Å². The number of nitrogens with one attached hydrogen (secondary N) is 1. The highest BCUT2D eigenvalue weighted by Crippen LogP contribution is 2.36. The van der Waals surface area contributed by atoms with E-state index < -0.39 is 5.92 Å². The second-order valence-electron chi connectivity index (χ2n) is 7.21. The number of ether oxygens (including phenoxy) is 1. The topological polar surface area (TPSA) is 73.2 Å². The van der Waals surface area contributed by atoms with Crippen LogP contribution in [0, 0.1) is 5.82 Å². The van der Waals surface area contributed by atoms with Crippen LogP contribution >= 0.6 is 11.8 Å². The molecule has 2 heterocycles. The van der Waals surface area contributed by atoms with Gasteiger partial charge in [0.15, 0.2) is 5.16 Å². The molecule has 3 aromatic rings. The fraction of sp³-hybridized carbons (Fsp3) is 0.261. The smallest absolute Gasteiger partial charge is 0.279 e. The van der Waals surface area contributed by atoms with Crippen molar-refractivity contribution < 1.29 is 13.9 Å². The first kappa shape index (κ1) is 21.1. The number of rotatable bonds is 6. The van der Waals surface area contributed by atoms with E-state index in [0.717, 1.165) is 11.3 Å². The average molecular weight is 440 g/mol. The Labute approximate surface area is 183 Å². The van der Waals surface area contributed by atoms with Crippen LogP contribution in [0.4, 0.5) is 10.2 Å². The predicted molar refractivity (Wildman–Crippen MR) is 118 cm³/mol. The third kappa shape index (κ3) is 4.34. The van der Waals surface area contributed by atoms with Gasteiger partial charge in [-0.2, -0.15) is 4.98 Å². The quantitative estimate of drug-likeness (QED) is 0.463. The van der Waals surface area contributed by atoms with E-state index in [-0.39, 0.29) is 23.7 Å². The number of anilines is 1. The van der Waals surface area contributed by atoms with E-state index in [9.17, 15) is 14.0 Å². The minimum atomic E-state index is -0.392. The van der Waals surface area contributed by atoms with Gasteiger partial charge in [-0.15, -0.1) is 0 Å². The minimum Gasteiger partial charge on any atom is -0.494 e. The van der Waals surface area contributed by atoms with E-state index in [1.165, 1.54) is 17.8 Å². The molecule has 6 nitrogen and oxygen atoms in total. The van der Waals surface area contributed by atoms with Crippen molar-refractivity contribution in [1.29, 1.82) is 0 Å². The van der Waals surface area contributed by atoms with Crippen molar-refractivity contribution >= 4 is 23.5 Å². The number of aromatic nitrogens is 2. The van der Waals surface area contributed by atoms with E-state index in [1.807, 2.05) is 31.2 Å². The summed E-state index contributed by atoms with van der Waals surface area (Å²) in [7, 11) is 1.75. The molecule has 1 atom stereocenters. The molecule has 1 aliphatic rings. The molecule has 1 aliphatic heterocycles. The Hall–Kier alpha value is -3.13. The van der Waals surface area contributed by atoms with Gasteiger partial charge in [0, 0.05) is 25.1 Å². The Bertz CT molecular complexity index is 1180. The molecule has 4 rings (SSSR count). The van der Waals surface area contributed by atoms with Gasteiger partial charge in [-0.1, -0.05) is 42.1 Å². The molecule has 0 bridgehead atoms. The monoisotopic (exact) mass is 439 g/mol. The Balaban J connectivity index is 1.68. The largest absolute Gasteiger partial charge is 0.494 e. The first-order valence-electron chi connectivity index (χ1n) is 9.97. The van der Waals surface area contributed by atoms with Crippen LogP contribution < -0.4 is 15.6 Å². The standard InChI is InChI=1S/C23H22FN3O3S/c1-3-30-16-10-8-14(9-11-16)17-12-19(28)25-21-20(17)22(29)26-23(27(21)2)31-13-15-6-4-5-7-18(15)24/h4-11,17H,3,12-13H2,1-2H3,(H,25,28). The highest BCUT2D eigenvalue weighted by Gasteiger charge is 2.32. The Morgan fingerprint density at radius 1 is 1.19 bits per heavy atom. The number of nitrogens with zero attached hydrogens (tertiary/aromatic N) is 2. The zero-order valence-electron chi connectivity index (χ0n) is 17.2. The number of amides is 1. The maximum absolute atomic E-state index is 13.9. The number of fused-ring (bicyclic) bond motifs is 1. The summed E-state index contributed by atoms with van der Waals surface area (Å²) in [6.45, 7) is 2.47.